The molecule has 184 valence electrons. The van der Waals surface area contributed by atoms with Gasteiger partial charge in [-0.05, 0) is 55.3 Å². The van der Waals surface area contributed by atoms with E-state index in [-0.39, 0.29) is 23.1 Å². The SMILES string of the molecule is OCC(O)CCCn1ccc2ncnc(Nc3ccc(Oc4cccc(C(F)(F)F)c4)c(Cl)c3)c21. The summed E-state index contributed by atoms with van der Waals surface area (Å²) in [4.78, 5) is 8.61. The average molecular weight is 507 g/mol. The number of nitrogens with one attached hydrogen (secondary N) is 1. The van der Waals surface area contributed by atoms with E-state index >= 15 is 0 Å². The Labute approximate surface area is 203 Å². The largest absolute Gasteiger partial charge is 0.456 e. The Bertz CT molecular complexity index is 1310. The number of fused-ring (bicyclic) bond motifs is 1. The number of halogens is 4. The Morgan fingerprint density at radius 2 is 1.94 bits per heavy atom. The fourth-order valence-electron chi connectivity index (χ4n) is 3.56. The molecule has 2 aromatic heterocycles. The highest BCUT2D eigenvalue weighted by Crippen LogP contribution is 2.36. The third-order valence-corrected chi connectivity index (χ3v) is 5.58. The van der Waals surface area contributed by atoms with Crippen molar-refractivity contribution in [2.24, 2.45) is 0 Å². The van der Waals surface area contributed by atoms with Crippen molar-refractivity contribution < 1.29 is 28.1 Å². The van der Waals surface area contributed by atoms with Crippen LogP contribution in [0.1, 0.15) is 18.4 Å². The quantitative estimate of drug-likeness (QED) is 0.267. The summed E-state index contributed by atoms with van der Waals surface area (Å²) in [5.41, 5.74) is 1.26. The summed E-state index contributed by atoms with van der Waals surface area (Å²) in [6, 6.07) is 11.2. The molecule has 3 N–H and O–H groups in total. The first-order valence-electron chi connectivity index (χ1n) is 10.7. The lowest BCUT2D eigenvalue weighted by Crippen LogP contribution is -2.12. The van der Waals surface area contributed by atoms with Gasteiger partial charge >= 0.3 is 6.18 Å². The Morgan fingerprint density at radius 3 is 2.69 bits per heavy atom. The molecule has 0 fully saturated rings. The first-order valence-corrected chi connectivity index (χ1v) is 11.1. The second-order valence-corrected chi connectivity index (χ2v) is 8.25. The Morgan fingerprint density at radius 1 is 1.11 bits per heavy atom. The lowest BCUT2D eigenvalue weighted by molar-refractivity contribution is -0.137. The number of hydrogen-bond acceptors (Lipinski definition) is 6. The molecule has 4 aromatic rings. The molecule has 1 atom stereocenters. The Balaban J connectivity index is 1.52. The first kappa shape index (κ1) is 24.8. The molecule has 0 amide bonds. The lowest BCUT2D eigenvalue weighted by atomic mass is 10.2. The van der Waals surface area contributed by atoms with Crippen LogP contribution in [0.15, 0.2) is 61.1 Å². The molecule has 0 saturated heterocycles. The van der Waals surface area contributed by atoms with Gasteiger partial charge in [0.15, 0.2) is 5.82 Å². The summed E-state index contributed by atoms with van der Waals surface area (Å²) in [5, 5.41) is 22.0. The van der Waals surface area contributed by atoms with E-state index in [1.807, 2.05) is 16.8 Å². The number of aryl methyl sites for hydroxylation is 1. The van der Waals surface area contributed by atoms with Crippen molar-refractivity contribution >= 4 is 34.1 Å². The second kappa shape index (κ2) is 10.5. The first-order chi connectivity index (χ1) is 16.7. The van der Waals surface area contributed by atoms with Crippen LogP contribution < -0.4 is 10.1 Å². The highest BCUT2D eigenvalue weighted by molar-refractivity contribution is 6.32. The van der Waals surface area contributed by atoms with E-state index in [0.717, 1.165) is 23.2 Å². The van der Waals surface area contributed by atoms with E-state index < -0.39 is 17.8 Å². The van der Waals surface area contributed by atoms with E-state index in [4.69, 9.17) is 21.4 Å². The zero-order valence-electron chi connectivity index (χ0n) is 18.3. The molecular weight excluding hydrogens is 485 g/mol. The lowest BCUT2D eigenvalue weighted by Gasteiger charge is -2.13. The Hall–Kier alpha value is -3.34. The van der Waals surface area contributed by atoms with Crippen LogP contribution in [0.3, 0.4) is 0 Å². The number of rotatable bonds is 9. The molecule has 0 aliphatic rings. The number of alkyl halides is 3. The number of ether oxygens (including phenoxy) is 1. The zero-order chi connectivity index (χ0) is 25.0. The van der Waals surface area contributed by atoms with E-state index in [2.05, 4.69) is 15.3 Å². The third-order valence-electron chi connectivity index (χ3n) is 5.28. The summed E-state index contributed by atoms with van der Waals surface area (Å²) in [5.74, 6) is 0.754. The molecular formula is C24H22ClF3N4O3. The standard InChI is InChI=1S/C24H22ClF3N4O3/c25-19-12-16(6-7-21(19)35-18-5-1-3-15(11-18)24(26,27)28)31-23-22-20(29-14-30-23)8-10-32(22)9-2-4-17(34)13-33/h1,3,5-8,10-12,14,17,33-34H,2,4,9,13H2,(H,29,30,31). The number of nitrogens with zero attached hydrogens (tertiary/aromatic N) is 3. The Kier molecular flexibility index (Phi) is 7.44. The molecule has 7 nitrogen and oxygen atoms in total. The van der Waals surface area contributed by atoms with Crippen molar-refractivity contribution in [2.75, 3.05) is 11.9 Å². The van der Waals surface area contributed by atoms with Gasteiger partial charge in [-0.15, -0.1) is 0 Å². The molecule has 35 heavy (non-hydrogen) atoms. The van der Waals surface area contributed by atoms with Crippen LogP contribution in [-0.4, -0.2) is 37.5 Å². The monoisotopic (exact) mass is 506 g/mol. The van der Waals surface area contributed by atoms with Crippen LogP contribution in [0.5, 0.6) is 11.5 Å². The van der Waals surface area contributed by atoms with Gasteiger partial charge in [-0.3, -0.25) is 0 Å². The average Bonchev–Trinajstić information content (AvgIpc) is 3.24. The summed E-state index contributed by atoms with van der Waals surface area (Å²) in [7, 11) is 0. The predicted octanol–water partition coefficient (Wildman–Crippen LogP) is 5.77. The molecule has 0 bridgehead atoms. The van der Waals surface area contributed by atoms with Crippen molar-refractivity contribution in [3.63, 3.8) is 0 Å². The molecule has 2 heterocycles. The van der Waals surface area contributed by atoms with E-state index in [0.29, 0.717) is 30.9 Å². The van der Waals surface area contributed by atoms with Crippen molar-refractivity contribution in [1.82, 2.24) is 14.5 Å². The van der Waals surface area contributed by atoms with Gasteiger partial charge in [-0.1, -0.05) is 17.7 Å². The van der Waals surface area contributed by atoms with Crippen LogP contribution in [0.2, 0.25) is 5.02 Å². The molecule has 2 aromatic carbocycles. The van der Waals surface area contributed by atoms with E-state index in [1.54, 1.807) is 18.2 Å². The van der Waals surface area contributed by atoms with Gasteiger partial charge in [0, 0.05) is 18.4 Å². The number of aliphatic hydroxyl groups is 2. The number of aromatic nitrogens is 3. The third kappa shape index (κ3) is 6.02. The van der Waals surface area contributed by atoms with Gasteiger partial charge in [-0.2, -0.15) is 13.2 Å². The fourth-order valence-corrected chi connectivity index (χ4v) is 3.78. The molecule has 11 heteroatoms. The second-order valence-electron chi connectivity index (χ2n) is 7.84. The van der Waals surface area contributed by atoms with Crippen LogP contribution >= 0.6 is 11.6 Å². The van der Waals surface area contributed by atoms with Crippen molar-refractivity contribution in [2.45, 2.75) is 31.7 Å². The molecule has 0 aliphatic heterocycles. The maximum absolute atomic E-state index is 13.0. The highest BCUT2D eigenvalue weighted by atomic mass is 35.5. The minimum absolute atomic E-state index is 0.0177. The summed E-state index contributed by atoms with van der Waals surface area (Å²) in [6.45, 7) is 0.309. The number of benzene rings is 2. The van der Waals surface area contributed by atoms with Gasteiger partial charge in [0.05, 0.1) is 28.8 Å². The number of anilines is 2. The maximum atomic E-state index is 13.0. The summed E-state index contributed by atoms with van der Waals surface area (Å²) < 4.78 is 46.4. The van der Waals surface area contributed by atoms with Crippen molar-refractivity contribution in [1.29, 1.82) is 0 Å². The molecule has 0 radical (unpaired) electrons. The minimum Gasteiger partial charge on any atom is -0.456 e. The van der Waals surface area contributed by atoms with Gasteiger partial charge in [0.2, 0.25) is 0 Å². The fraction of sp³-hybridized carbons (Fsp3) is 0.250. The van der Waals surface area contributed by atoms with Crippen LogP contribution in [-0.2, 0) is 12.7 Å². The van der Waals surface area contributed by atoms with E-state index in [9.17, 15) is 18.3 Å². The maximum Gasteiger partial charge on any atom is 0.416 e. The van der Waals surface area contributed by atoms with Gasteiger partial charge in [0.25, 0.3) is 0 Å². The highest BCUT2D eigenvalue weighted by Gasteiger charge is 2.30. The minimum atomic E-state index is -4.48. The van der Waals surface area contributed by atoms with Crippen molar-refractivity contribution in [3.05, 3.63) is 71.6 Å². The molecule has 0 saturated carbocycles. The molecule has 4 rings (SSSR count). The van der Waals surface area contributed by atoms with E-state index in [1.165, 1.54) is 18.5 Å². The number of hydrogen-bond donors (Lipinski definition) is 3. The summed E-state index contributed by atoms with van der Waals surface area (Å²) >= 11 is 6.35. The predicted molar refractivity (Wildman–Crippen MR) is 126 cm³/mol. The smallest absolute Gasteiger partial charge is 0.416 e. The summed E-state index contributed by atoms with van der Waals surface area (Å²) in [6.07, 6.45) is -0.838. The van der Waals surface area contributed by atoms with Gasteiger partial charge in [0.1, 0.15) is 23.3 Å². The van der Waals surface area contributed by atoms with Crippen LogP contribution in [0.25, 0.3) is 11.0 Å². The van der Waals surface area contributed by atoms with Gasteiger partial charge < -0.3 is 24.8 Å². The number of aliphatic hydroxyl groups excluding tert-OH is 2. The molecule has 1 unspecified atom stereocenters. The molecule has 0 aliphatic carbocycles. The van der Waals surface area contributed by atoms with Gasteiger partial charge in [-0.25, -0.2) is 9.97 Å². The van der Waals surface area contributed by atoms with Crippen LogP contribution in [0, 0.1) is 0 Å². The zero-order valence-corrected chi connectivity index (χ0v) is 19.1. The normalized spacial score (nSPS) is 12.6. The van der Waals surface area contributed by atoms with Crippen molar-refractivity contribution in [3.8, 4) is 11.5 Å². The topological polar surface area (TPSA) is 92.4 Å². The van der Waals surface area contributed by atoms with Crippen LogP contribution in [0.4, 0.5) is 24.7 Å². The molecule has 0 spiro atoms.